The van der Waals surface area contributed by atoms with Gasteiger partial charge in [-0.15, -0.1) is 0 Å². The number of phenols is 1. The first kappa shape index (κ1) is 23.7. The molecule has 1 aromatic heterocycles. The fourth-order valence-electron chi connectivity index (χ4n) is 4.72. The number of aromatic nitrogens is 1. The van der Waals surface area contributed by atoms with Gasteiger partial charge in [0, 0.05) is 25.7 Å². The number of hydrogen-bond acceptors (Lipinski definition) is 5. The topological polar surface area (TPSA) is 51.6 Å². The standard InChI is InChI=1S/C23H27F5N4O/c1-14-7-15-8-21(33)19(25)9-18(15)22(32(14)13-23(26,27)28)20-4-3-16(10-29-20)30-17-11-31(12-17)6-2-5-24/h3-4,8-10,14,17,22,30,33H,2,5-7,11-13H2,1H3/t14-,22+/m1/s1. The maximum absolute atomic E-state index is 14.2. The van der Waals surface area contributed by atoms with E-state index in [1.807, 2.05) is 0 Å². The van der Waals surface area contributed by atoms with Gasteiger partial charge >= 0.3 is 6.18 Å². The average Bonchev–Trinajstić information content (AvgIpc) is 2.71. The summed E-state index contributed by atoms with van der Waals surface area (Å²) >= 11 is 0. The zero-order valence-electron chi connectivity index (χ0n) is 18.2. The van der Waals surface area contributed by atoms with Crippen LogP contribution in [0, 0.1) is 5.82 Å². The summed E-state index contributed by atoms with van der Waals surface area (Å²) in [5, 5.41) is 13.1. The molecule has 5 nitrogen and oxygen atoms in total. The summed E-state index contributed by atoms with van der Waals surface area (Å²) in [5.74, 6) is -1.39. The van der Waals surface area contributed by atoms with Crippen molar-refractivity contribution in [3.63, 3.8) is 0 Å². The number of phenolic OH excluding ortho intramolecular Hbond substituents is 1. The first-order chi connectivity index (χ1) is 15.6. The molecule has 1 aromatic carbocycles. The summed E-state index contributed by atoms with van der Waals surface area (Å²) in [6, 6.07) is 4.63. The second-order valence-electron chi connectivity index (χ2n) is 8.86. The van der Waals surface area contributed by atoms with E-state index >= 15 is 0 Å². The fraction of sp³-hybridized carbons (Fsp3) is 0.522. The molecule has 2 aromatic rings. The van der Waals surface area contributed by atoms with Gasteiger partial charge in [0.1, 0.15) is 0 Å². The number of nitrogens with zero attached hydrogens (tertiary/aromatic N) is 3. The van der Waals surface area contributed by atoms with E-state index in [4.69, 9.17) is 0 Å². The Morgan fingerprint density at radius 2 is 1.97 bits per heavy atom. The second-order valence-corrected chi connectivity index (χ2v) is 8.86. The molecule has 2 aliphatic rings. The van der Waals surface area contributed by atoms with Gasteiger partial charge in [-0.1, -0.05) is 0 Å². The molecule has 2 atom stereocenters. The maximum atomic E-state index is 14.2. The van der Waals surface area contributed by atoms with E-state index in [-0.39, 0.29) is 19.1 Å². The number of alkyl halides is 4. The molecule has 0 unspecified atom stereocenters. The van der Waals surface area contributed by atoms with Crippen LogP contribution in [0.15, 0.2) is 30.5 Å². The third-order valence-electron chi connectivity index (χ3n) is 6.28. The van der Waals surface area contributed by atoms with Gasteiger partial charge in [0.2, 0.25) is 0 Å². The Morgan fingerprint density at radius 3 is 2.61 bits per heavy atom. The van der Waals surface area contributed by atoms with Gasteiger partial charge in [-0.2, -0.15) is 13.2 Å². The van der Waals surface area contributed by atoms with E-state index in [0.29, 0.717) is 29.8 Å². The molecule has 1 fully saturated rings. The highest BCUT2D eigenvalue weighted by molar-refractivity contribution is 5.47. The van der Waals surface area contributed by atoms with Crippen molar-refractivity contribution in [3.05, 3.63) is 53.1 Å². The number of benzene rings is 1. The SMILES string of the molecule is C[C@@H]1Cc2cc(O)c(F)cc2[C@@H](c2ccc(NC3CN(CCCF)C3)cn2)N1CC(F)(F)F. The number of anilines is 1. The molecule has 0 saturated carbocycles. The van der Waals surface area contributed by atoms with Gasteiger partial charge in [-0.3, -0.25) is 19.2 Å². The fourth-order valence-corrected chi connectivity index (χ4v) is 4.72. The highest BCUT2D eigenvalue weighted by Gasteiger charge is 2.41. The molecular weight excluding hydrogens is 443 g/mol. The lowest BCUT2D eigenvalue weighted by molar-refractivity contribution is -0.155. The summed E-state index contributed by atoms with van der Waals surface area (Å²) < 4.78 is 66.6. The largest absolute Gasteiger partial charge is 0.505 e. The molecule has 0 aliphatic carbocycles. The normalized spacial score (nSPS) is 22.1. The molecule has 0 amide bonds. The Hall–Kier alpha value is -2.46. The highest BCUT2D eigenvalue weighted by atomic mass is 19.4. The highest BCUT2D eigenvalue weighted by Crippen LogP contribution is 2.41. The molecule has 2 N–H and O–H groups in total. The predicted molar refractivity (Wildman–Crippen MR) is 115 cm³/mol. The van der Waals surface area contributed by atoms with Crippen LogP contribution < -0.4 is 5.32 Å². The minimum Gasteiger partial charge on any atom is -0.505 e. The van der Waals surface area contributed by atoms with Crippen LogP contribution in [0.3, 0.4) is 0 Å². The van der Waals surface area contributed by atoms with Crippen molar-refractivity contribution in [2.24, 2.45) is 0 Å². The van der Waals surface area contributed by atoms with Gasteiger partial charge in [0.05, 0.1) is 42.9 Å². The van der Waals surface area contributed by atoms with Crippen LogP contribution in [0.1, 0.15) is 36.2 Å². The third kappa shape index (κ3) is 5.38. The van der Waals surface area contributed by atoms with Crippen molar-refractivity contribution < 1.29 is 27.1 Å². The average molecular weight is 470 g/mol. The van der Waals surface area contributed by atoms with Crippen LogP contribution in [0.4, 0.5) is 27.6 Å². The molecule has 1 saturated heterocycles. The summed E-state index contributed by atoms with van der Waals surface area (Å²) in [7, 11) is 0. The van der Waals surface area contributed by atoms with E-state index in [9.17, 15) is 27.1 Å². The van der Waals surface area contributed by atoms with E-state index in [1.165, 1.54) is 11.0 Å². The van der Waals surface area contributed by atoms with Crippen LogP contribution >= 0.6 is 0 Å². The van der Waals surface area contributed by atoms with Gasteiger partial charge in [-0.25, -0.2) is 4.39 Å². The zero-order chi connectivity index (χ0) is 23.8. The van der Waals surface area contributed by atoms with Crippen LogP contribution in [0.5, 0.6) is 5.75 Å². The molecule has 180 valence electrons. The smallest absolute Gasteiger partial charge is 0.401 e. The van der Waals surface area contributed by atoms with E-state index < -0.39 is 36.4 Å². The summed E-state index contributed by atoms with van der Waals surface area (Å²) in [6.45, 7) is 2.49. The molecule has 2 aliphatic heterocycles. The van der Waals surface area contributed by atoms with Crippen LogP contribution in [0.2, 0.25) is 0 Å². The van der Waals surface area contributed by atoms with Crippen LogP contribution in [-0.4, -0.2) is 71.0 Å². The Morgan fingerprint density at radius 1 is 1.21 bits per heavy atom. The molecule has 0 bridgehead atoms. The second kappa shape index (κ2) is 9.42. The first-order valence-corrected chi connectivity index (χ1v) is 11.0. The number of nitrogens with one attached hydrogen (secondary N) is 1. The molecule has 33 heavy (non-hydrogen) atoms. The summed E-state index contributed by atoms with van der Waals surface area (Å²) in [5.41, 5.74) is 2.10. The number of fused-ring (bicyclic) bond motifs is 1. The van der Waals surface area contributed by atoms with E-state index in [0.717, 1.165) is 24.8 Å². The van der Waals surface area contributed by atoms with E-state index in [1.54, 1.807) is 25.3 Å². The minimum atomic E-state index is -4.43. The van der Waals surface area contributed by atoms with Gasteiger partial charge in [0.25, 0.3) is 0 Å². The molecule has 10 heteroatoms. The summed E-state index contributed by atoms with van der Waals surface area (Å²) in [4.78, 5) is 7.85. The van der Waals surface area contributed by atoms with Crippen molar-refractivity contribution in [2.45, 2.75) is 44.1 Å². The van der Waals surface area contributed by atoms with Gasteiger partial charge < -0.3 is 10.4 Å². The third-order valence-corrected chi connectivity index (χ3v) is 6.28. The van der Waals surface area contributed by atoms with Gasteiger partial charge in [0.15, 0.2) is 11.6 Å². The molecule has 0 spiro atoms. The lowest BCUT2D eigenvalue weighted by atomic mass is 9.86. The monoisotopic (exact) mass is 470 g/mol. The van der Waals surface area contributed by atoms with E-state index in [2.05, 4.69) is 15.2 Å². The van der Waals surface area contributed by atoms with Crippen LogP contribution in [0.25, 0.3) is 0 Å². The van der Waals surface area contributed by atoms with Crippen molar-refractivity contribution >= 4 is 5.69 Å². The minimum absolute atomic E-state index is 0.200. The Kier molecular flexibility index (Phi) is 6.76. The number of hydrogen-bond donors (Lipinski definition) is 2. The number of aromatic hydroxyl groups is 1. The number of rotatable bonds is 7. The molecular formula is C23H27F5N4O. The maximum Gasteiger partial charge on any atom is 0.401 e. The Bertz CT molecular complexity index is 963. The molecule has 4 rings (SSSR count). The molecule has 3 heterocycles. The van der Waals surface area contributed by atoms with Crippen molar-refractivity contribution in [2.75, 3.05) is 38.2 Å². The Labute approximate surface area is 189 Å². The Balaban J connectivity index is 1.56. The van der Waals surface area contributed by atoms with Crippen molar-refractivity contribution in [1.82, 2.24) is 14.8 Å². The first-order valence-electron chi connectivity index (χ1n) is 11.0. The van der Waals surface area contributed by atoms with Crippen LogP contribution in [-0.2, 0) is 6.42 Å². The van der Waals surface area contributed by atoms with Crippen molar-refractivity contribution in [1.29, 1.82) is 0 Å². The molecule has 0 radical (unpaired) electrons. The number of pyridine rings is 1. The number of likely N-dealkylation sites (tertiary alicyclic amines) is 1. The predicted octanol–water partition coefficient (Wildman–Crippen LogP) is 4.28. The lowest BCUT2D eigenvalue weighted by Crippen LogP contribution is -2.54. The lowest BCUT2D eigenvalue weighted by Gasteiger charge is -2.42. The summed E-state index contributed by atoms with van der Waals surface area (Å²) in [6.07, 6.45) is -2.09. The van der Waals surface area contributed by atoms with Gasteiger partial charge in [-0.05, 0) is 55.2 Å². The number of halogens is 5. The quantitative estimate of drug-likeness (QED) is 0.592. The zero-order valence-corrected chi connectivity index (χ0v) is 18.2. The van der Waals surface area contributed by atoms with Crippen molar-refractivity contribution in [3.8, 4) is 5.75 Å².